The van der Waals surface area contributed by atoms with Gasteiger partial charge in [0.15, 0.2) is 0 Å². The number of amides is 1. The minimum absolute atomic E-state index is 0.111. The normalized spacial score (nSPS) is 14.5. The van der Waals surface area contributed by atoms with Crippen molar-refractivity contribution in [1.29, 1.82) is 0 Å². The Balaban J connectivity index is 1.94. The number of hydrogen-bond donors (Lipinski definition) is 1. The summed E-state index contributed by atoms with van der Waals surface area (Å²) in [6, 6.07) is 6.38. The first-order valence-electron chi connectivity index (χ1n) is 6.99. The van der Waals surface area contributed by atoms with Crippen molar-refractivity contribution in [2.45, 2.75) is 32.0 Å². The van der Waals surface area contributed by atoms with Gasteiger partial charge in [-0.1, -0.05) is 18.2 Å². The fraction of sp³-hybridized carbons (Fsp3) is 0.333. The minimum Gasteiger partial charge on any atom is -0.334 e. The molecule has 1 aliphatic heterocycles. The minimum atomic E-state index is -4.92. The lowest BCUT2D eigenvalue weighted by atomic mass is 10.1. The summed E-state index contributed by atoms with van der Waals surface area (Å²) < 4.78 is 39.3. The monoisotopic (exact) mass is 309 g/mol. The summed E-state index contributed by atoms with van der Waals surface area (Å²) in [6.45, 7) is 0.861. The number of halogens is 3. The molecule has 0 radical (unpaired) electrons. The molecule has 7 heteroatoms. The van der Waals surface area contributed by atoms with Crippen LogP contribution in [0.25, 0.3) is 11.3 Å². The van der Waals surface area contributed by atoms with E-state index in [9.17, 15) is 18.0 Å². The molecule has 0 saturated heterocycles. The van der Waals surface area contributed by atoms with E-state index in [0.29, 0.717) is 11.3 Å². The van der Waals surface area contributed by atoms with Crippen molar-refractivity contribution in [3.05, 3.63) is 36.3 Å². The zero-order valence-corrected chi connectivity index (χ0v) is 11.7. The Kier molecular flexibility index (Phi) is 3.64. The standard InChI is InChI=1S/C15H14F3N3O/c16-15(17,18)14(22)20-11-6-2-1-5-10(11)12-9-21-8-4-3-7-13(21)19-12/h1-2,5-6,9H,3-4,7-8H2,(H,20,22). The predicted octanol–water partition coefficient (Wildman–Crippen LogP) is 3.39. The number of nitrogens with zero attached hydrogens (tertiary/aromatic N) is 2. The molecule has 0 saturated carbocycles. The number of hydrogen-bond acceptors (Lipinski definition) is 2. The lowest BCUT2D eigenvalue weighted by Gasteiger charge is -2.11. The second kappa shape index (κ2) is 5.47. The molecular weight excluding hydrogens is 295 g/mol. The molecule has 1 amide bonds. The van der Waals surface area contributed by atoms with Gasteiger partial charge in [-0.05, 0) is 18.9 Å². The van der Waals surface area contributed by atoms with E-state index in [1.807, 2.05) is 16.1 Å². The SMILES string of the molecule is O=C(Nc1ccccc1-c1cn2c(n1)CCCC2)C(F)(F)F. The molecule has 0 fully saturated rings. The highest BCUT2D eigenvalue weighted by Gasteiger charge is 2.39. The van der Waals surface area contributed by atoms with Gasteiger partial charge in [0.05, 0.1) is 11.4 Å². The number of carbonyl (C=O) groups is 1. The second-order valence-electron chi connectivity index (χ2n) is 5.19. The van der Waals surface area contributed by atoms with Crippen LogP contribution >= 0.6 is 0 Å². The summed E-state index contributed by atoms with van der Waals surface area (Å²) in [4.78, 5) is 15.6. The number of para-hydroxylation sites is 1. The molecule has 1 aromatic heterocycles. The molecule has 0 spiro atoms. The molecule has 116 valence electrons. The topological polar surface area (TPSA) is 46.9 Å². The molecule has 1 aromatic carbocycles. The maximum Gasteiger partial charge on any atom is 0.471 e. The van der Waals surface area contributed by atoms with Crippen molar-refractivity contribution in [2.24, 2.45) is 0 Å². The number of carbonyl (C=O) groups excluding carboxylic acids is 1. The number of aromatic nitrogens is 2. The van der Waals surface area contributed by atoms with Gasteiger partial charge < -0.3 is 9.88 Å². The Labute approximate surface area is 125 Å². The average Bonchev–Trinajstić information content (AvgIpc) is 2.90. The number of nitrogens with one attached hydrogen (secondary N) is 1. The number of fused-ring (bicyclic) bond motifs is 1. The van der Waals surface area contributed by atoms with E-state index in [2.05, 4.69) is 4.98 Å². The molecule has 2 aromatic rings. The van der Waals surface area contributed by atoms with E-state index < -0.39 is 12.1 Å². The fourth-order valence-corrected chi connectivity index (χ4v) is 2.55. The first kappa shape index (κ1) is 14.6. The molecule has 3 rings (SSSR count). The first-order chi connectivity index (χ1) is 10.4. The Hall–Kier alpha value is -2.31. The highest BCUT2D eigenvalue weighted by Crippen LogP contribution is 2.30. The lowest BCUT2D eigenvalue weighted by molar-refractivity contribution is -0.167. The van der Waals surface area contributed by atoms with Gasteiger partial charge in [0.2, 0.25) is 0 Å². The van der Waals surface area contributed by atoms with Crippen LogP contribution in [-0.4, -0.2) is 21.6 Å². The van der Waals surface area contributed by atoms with Gasteiger partial charge in [-0.2, -0.15) is 13.2 Å². The van der Waals surface area contributed by atoms with Crippen molar-refractivity contribution >= 4 is 11.6 Å². The molecule has 1 aliphatic rings. The largest absolute Gasteiger partial charge is 0.471 e. The summed E-state index contributed by atoms with van der Waals surface area (Å²) >= 11 is 0. The number of alkyl halides is 3. The molecule has 0 atom stereocenters. The molecule has 2 heterocycles. The van der Waals surface area contributed by atoms with E-state index in [0.717, 1.165) is 31.6 Å². The molecule has 4 nitrogen and oxygen atoms in total. The zero-order valence-electron chi connectivity index (χ0n) is 11.7. The summed E-state index contributed by atoms with van der Waals surface area (Å²) in [6.07, 6.45) is -0.108. The summed E-state index contributed by atoms with van der Waals surface area (Å²) in [5.74, 6) is -1.05. The van der Waals surface area contributed by atoms with Crippen LogP contribution < -0.4 is 5.32 Å². The van der Waals surface area contributed by atoms with E-state index in [1.165, 1.54) is 6.07 Å². The average molecular weight is 309 g/mol. The third-order valence-corrected chi connectivity index (χ3v) is 3.62. The maximum absolute atomic E-state index is 12.4. The third kappa shape index (κ3) is 2.84. The molecule has 0 aliphatic carbocycles. The summed E-state index contributed by atoms with van der Waals surface area (Å²) in [7, 11) is 0. The first-order valence-corrected chi connectivity index (χ1v) is 6.99. The van der Waals surface area contributed by atoms with Crippen molar-refractivity contribution in [1.82, 2.24) is 9.55 Å². The van der Waals surface area contributed by atoms with Gasteiger partial charge in [0.25, 0.3) is 0 Å². The van der Waals surface area contributed by atoms with Gasteiger partial charge >= 0.3 is 12.1 Å². The Bertz CT molecular complexity index is 683. The van der Waals surface area contributed by atoms with Gasteiger partial charge in [0.1, 0.15) is 5.82 Å². The smallest absolute Gasteiger partial charge is 0.334 e. The highest BCUT2D eigenvalue weighted by molar-refractivity contribution is 5.98. The Morgan fingerprint density at radius 3 is 2.73 bits per heavy atom. The molecule has 0 bridgehead atoms. The maximum atomic E-state index is 12.4. The van der Waals surface area contributed by atoms with Gasteiger partial charge in [-0.3, -0.25) is 4.79 Å². The number of anilines is 1. The predicted molar refractivity (Wildman–Crippen MR) is 75.3 cm³/mol. The van der Waals surface area contributed by atoms with Crippen LogP contribution in [0.2, 0.25) is 0 Å². The quantitative estimate of drug-likeness (QED) is 0.924. The van der Waals surface area contributed by atoms with E-state index >= 15 is 0 Å². The van der Waals surface area contributed by atoms with Gasteiger partial charge in [0, 0.05) is 24.7 Å². The summed E-state index contributed by atoms with van der Waals surface area (Å²) in [5, 5.41) is 1.92. The van der Waals surface area contributed by atoms with Crippen LogP contribution in [0.1, 0.15) is 18.7 Å². The van der Waals surface area contributed by atoms with E-state index in [1.54, 1.807) is 18.2 Å². The Morgan fingerprint density at radius 2 is 2.00 bits per heavy atom. The third-order valence-electron chi connectivity index (χ3n) is 3.62. The van der Waals surface area contributed by atoms with Crippen LogP contribution in [0.3, 0.4) is 0 Å². The van der Waals surface area contributed by atoms with Crippen LogP contribution in [0.15, 0.2) is 30.5 Å². The van der Waals surface area contributed by atoms with Gasteiger partial charge in [-0.25, -0.2) is 4.98 Å². The van der Waals surface area contributed by atoms with Crippen LogP contribution in [0.4, 0.5) is 18.9 Å². The zero-order chi connectivity index (χ0) is 15.7. The van der Waals surface area contributed by atoms with E-state index in [4.69, 9.17) is 0 Å². The van der Waals surface area contributed by atoms with Gasteiger partial charge in [-0.15, -0.1) is 0 Å². The molecule has 22 heavy (non-hydrogen) atoms. The van der Waals surface area contributed by atoms with Crippen molar-refractivity contribution in [2.75, 3.05) is 5.32 Å². The lowest BCUT2D eigenvalue weighted by Crippen LogP contribution is -2.30. The second-order valence-corrected chi connectivity index (χ2v) is 5.19. The highest BCUT2D eigenvalue weighted by atomic mass is 19.4. The Morgan fingerprint density at radius 1 is 1.23 bits per heavy atom. The number of benzene rings is 1. The van der Waals surface area contributed by atoms with Crippen LogP contribution in [-0.2, 0) is 17.8 Å². The molecule has 1 N–H and O–H groups in total. The number of aryl methyl sites for hydroxylation is 2. The number of rotatable bonds is 2. The van der Waals surface area contributed by atoms with Crippen molar-refractivity contribution < 1.29 is 18.0 Å². The number of imidazole rings is 1. The van der Waals surface area contributed by atoms with Crippen LogP contribution in [0.5, 0.6) is 0 Å². The fourth-order valence-electron chi connectivity index (χ4n) is 2.55. The summed E-state index contributed by atoms with van der Waals surface area (Å²) in [5.41, 5.74) is 1.18. The van der Waals surface area contributed by atoms with Crippen LogP contribution in [0, 0.1) is 0 Å². The molecule has 0 unspecified atom stereocenters. The van der Waals surface area contributed by atoms with E-state index in [-0.39, 0.29) is 5.69 Å². The molecular formula is C15H14F3N3O. The van der Waals surface area contributed by atoms with Crippen molar-refractivity contribution in [3.8, 4) is 11.3 Å². The van der Waals surface area contributed by atoms with Crippen molar-refractivity contribution in [3.63, 3.8) is 0 Å².